The number of rotatable bonds is 8. The standard InChI is InChI=1S/C26H20F2N4O4/c1-34-10-11-35-25-14-23-20(12-16(25)15-29)24(8-9-30-23)36-19-5-3-18(4-6-19)31-26(33)32-22-7-2-17(27)13-21(22)28/h2-9,12-14H,10-11H2,1H3,(H2,31,32,33). The maximum absolute atomic E-state index is 13.7. The zero-order valence-corrected chi connectivity index (χ0v) is 19.0. The van der Waals surface area contributed by atoms with Gasteiger partial charge in [0.1, 0.15) is 41.6 Å². The Morgan fingerprint density at radius 2 is 1.81 bits per heavy atom. The van der Waals surface area contributed by atoms with Crippen molar-refractivity contribution in [1.29, 1.82) is 5.26 Å². The average Bonchev–Trinajstić information content (AvgIpc) is 2.87. The lowest BCUT2D eigenvalue weighted by atomic mass is 10.1. The lowest BCUT2D eigenvalue weighted by Gasteiger charge is -2.12. The van der Waals surface area contributed by atoms with E-state index in [-0.39, 0.29) is 5.69 Å². The normalized spacial score (nSPS) is 10.5. The van der Waals surface area contributed by atoms with Crippen LogP contribution in [0.15, 0.2) is 66.9 Å². The van der Waals surface area contributed by atoms with Crippen molar-refractivity contribution in [1.82, 2.24) is 4.98 Å². The number of fused-ring (bicyclic) bond motifs is 1. The number of carbonyl (C=O) groups is 1. The number of halogens is 2. The van der Waals surface area contributed by atoms with Crippen molar-refractivity contribution in [3.05, 3.63) is 84.1 Å². The fourth-order valence-corrected chi connectivity index (χ4v) is 3.29. The van der Waals surface area contributed by atoms with E-state index in [2.05, 4.69) is 21.7 Å². The highest BCUT2D eigenvalue weighted by molar-refractivity contribution is 5.99. The summed E-state index contributed by atoms with van der Waals surface area (Å²) < 4.78 is 43.3. The Morgan fingerprint density at radius 3 is 2.53 bits per heavy atom. The number of amides is 2. The summed E-state index contributed by atoms with van der Waals surface area (Å²) in [4.78, 5) is 16.5. The van der Waals surface area contributed by atoms with Crippen molar-refractivity contribution in [2.45, 2.75) is 0 Å². The summed E-state index contributed by atoms with van der Waals surface area (Å²) in [5, 5.41) is 15.0. The Kier molecular flexibility index (Phi) is 7.53. The summed E-state index contributed by atoms with van der Waals surface area (Å²) in [6, 6.07) is 15.7. The lowest BCUT2D eigenvalue weighted by molar-refractivity contribution is 0.146. The minimum absolute atomic E-state index is 0.151. The first-order valence-electron chi connectivity index (χ1n) is 10.7. The molecule has 0 saturated carbocycles. The molecule has 0 fully saturated rings. The Labute approximate surface area is 205 Å². The van der Waals surface area contributed by atoms with Crippen LogP contribution in [0.25, 0.3) is 10.9 Å². The number of hydrogen-bond acceptors (Lipinski definition) is 6. The molecule has 0 aliphatic rings. The van der Waals surface area contributed by atoms with Gasteiger partial charge in [-0.15, -0.1) is 0 Å². The Morgan fingerprint density at radius 1 is 1.00 bits per heavy atom. The van der Waals surface area contributed by atoms with Crippen LogP contribution in [0.3, 0.4) is 0 Å². The van der Waals surface area contributed by atoms with Gasteiger partial charge in [-0.2, -0.15) is 5.26 Å². The fourth-order valence-electron chi connectivity index (χ4n) is 3.29. The molecule has 10 heteroatoms. The number of benzene rings is 3. The van der Waals surface area contributed by atoms with Gasteiger partial charge in [0.15, 0.2) is 0 Å². The number of nitriles is 1. The van der Waals surface area contributed by atoms with E-state index in [0.29, 0.717) is 58.7 Å². The molecule has 1 aromatic heterocycles. The average molecular weight is 490 g/mol. The largest absolute Gasteiger partial charge is 0.490 e. The summed E-state index contributed by atoms with van der Waals surface area (Å²) >= 11 is 0. The smallest absolute Gasteiger partial charge is 0.323 e. The van der Waals surface area contributed by atoms with Gasteiger partial charge in [0.05, 0.1) is 23.4 Å². The Hall–Kier alpha value is -4.75. The highest BCUT2D eigenvalue weighted by Gasteiger charge is 2.12. The molecular weight excluding hydrogens is 470 g/mol. The van der Waals surface area contributed by atoms with Gasteiger partial charge >= 0.3 is 6.03 Å². The predicted octanol–water partition coefficient (Wildman–Crippen LogP) is 5.85. The monoisotopic (exact) mass is 490 g/mol. The highest BCUT2D eigenvalue weighted by atomic mass is 19.1. The van der Waals surface area contributed by atoms with Crippen molar-refractivity contribution in [3.8, 4) is 23.3 Å². The van der Waals surface area contributed by atoms with E-state index in [0.717, 1.165) is 12.1 Å². The minimum atomic E-state index is -0.883. The molecule has 0 spiro atoms. The van der Waals surface area contributed by atoms with Gasteiger partial charge in [-0.05, 0) is 48.5 Å². The SMILES string of the molecule is COCCOc1cc2nccc(Oc3ccc(NC(=O)Nc4ccc(F)cc4F)cc3)c2cc1C#N. The van der Waals surface area contributed by atoms with Crippen LogP contribution in [0.4, 0.5) is 25.0 Å². The topological polar surface area (TPSA) is 106 Å². The van der Waals surface area contributed by atoms with Gasteiger partial charge in [0, 0.05) is 36.5 Å². The molecule has 0 radical (unpaired) electrons. The van der Waals surface area contributed by atoms with Gasteiger partial charge in [-0.25, -0.2) is 13.6 Å². The van der Waals surface area contributed by atoms with E-state index < -0.39 is 17.7 Å². The van der Waals surface area contributed by atoms with Crippen LogP contribution >= 0.6 is 0 Å². The number of nitrogens with one attached hydrogen (secondary N) is 2. The molecule has 0 saturated heterocycles. The molecule has 4 aromatic rings. The molecule has 1 heterocycles. The number of aromatic nitrogens is 1. The van der Waals surface area contributed by atoms with E-state index in [4.69, 9.17) is 14.2 Å². The molecule has 0 bridgehead atoms. The fraction of sp³-hybridized carbons (Fsp3) is 0.115. The summed E-state index contributed by atoms with van der Waals surface area (Å²) in [6.45, 7) is 0.680. The van der Waals surface area contributed by atoms with Gasteiger partial charge in [-0.1, -0.05) is 0 Å². The zero-order chi connectivity index (χ0) is 25.5. The Balaban J connectivity index is 1.46. The molecule has 182 valence electrons. The first-order chi connectivity index (χ1) is 17.5. The number of anilines is 2. The second-order valence-corrected chi connectivity index (χ2v) is 7.46. The van der Waals surface area contributed by atoms with Gasteiger partial charge in [0.25, 0.3) is 0 Å². The third-order valence-electron chi connectivity index (χ3n) is 4.99. The van der Waals surface area contributed by atoms with Crippen LogP contribution in [-0.2, 0) is 4.74 Å². The molecule has 36 heavy (non-hydrogen) atoms. The predicted molar refractivity (Wildman–Crippen MR) is 129 cm³/mol. The molecule has 4 rings (SSSR count). The van der Waals surface area contributed by atoms with E-state index in [1.807, 2.05) is 0 Å². The summed E-state index contributed by atoms with van der Waals surface area (Å²) in [6.07, 6.45) is 1.58. The van der Waals surface area contributed by atoms with Crippen LogP contribution in [0.1, 0.15) is 5.56 Å². The quantitative estimate of drug-likeness (QED) is 0.300. The van der Waals surface area contributed by atoms with E-state index in [1.165, 1.54) is 0 Å². The molecule has 3 aromatic carbocycles. The van der Waals surface area contributed by atoms with E-state index >= 15 is 0 Å². The summed E-state index contributed by atoms with van der Waals surface area (Å²) in [5.74, 6) is -0.273. The first-order valence-corrected chi connectivity index (χ1v) is 10.7. The Bertz CT molecular complexity index is 1440. The zero-order valence-electron chi connectivity index (χ0n) is 19.0. The third kappa shape index (κ3) is 5.84. The van der Waals surface area contributed by atoms with Crippen LogP contribution in [0, 0.1) is 23.0 Å². The maximum atomic E-state index is 13.7. The van der Waals surface area contributed by atoms with Crippen molar-refractivity contribution >= 4 is 28.3 Å². The number of nitrogens with zero attached hydrogens (tertiary/aromatic N) is 2. The number of ether oxygens (including phenoxy) is 3. The summed E-state index contributed by atoms with van der Waals surface area (Å²) in [7, 11) is 1.56. The van der Waals surface area contributed by atoms with Crippen molar-refractivity contribution in [2.24, 2.45) is 0 Å². The molecule has 0 aliphatic heterocycles. The van der Waals surface area contributed by atoms with Crippen molar-refractivity contribution < 1.29 is 27.8 Å². The third-order valence-corrected chi connectivity index (χ3v) is 4.99. The minimum Gasteiger partial charge on any atom is -0.490 e. The van der Waals surface area contributed by atoms with Gasteiger partial charge < -0.3 is 24.8 Å². The number of pyridine rings is 1. The number of hydrogen-bond donors (Lipinski definition) is 2. The molecule has 0 atom stereocenters. The van der Waals surface area contributed by atoms with Crippen molar-refractivity contribution in [3.63, 3.8) is 0 Å². The number of urea groups is 1. The molecular formula is C26H20F2N4O4. The number of carbonyl (C=O) groups excluding carboxylic acids is 1. The van der Waals surface area contributed by atoms with Crippen LogP contribution in [-0.4, -0.2) is 31.3 Å². The number of methoxy groups -OCH3 is 1. The second kappa shape index (κ2) is 11.1. The molecule has 2 amide bonds. The second-order valence-electron chi connectivity index (χ2n) is 7.46. The highest BCUT2D eigenvalue weighted by Crippen LogP contribution is 2.33. The molecule has 0 aliphatic carbocycles. The van der Waals surface area contributed by atoms with E-state index in [9.17, 15) is 18.8 Å². The first kappa shape index (κ1) is 24.4. The molecule has 0 unspecified atom stereocenters. The lowest BCUT2D eigenvalue weighted by Crippen LogP contribution is -2.20. The van der Waals surface area contributed by atoms with Gasteiger partial charge in [0.2, 0.25) is 0 Å². The van der Waals surface area contributed by atoms with E-state index in [1.54, 1.807) is 55.8 Å². The molecule has 2 N–H and O–H groups in total. The van der Waals surface area contributed by atoms with Crippen LogP contribution in [0.5, 0.6) is 17.2 Å². The maximum Gasteiger partial charge on any atom is 0.323 e. The molecule has 8 nitrogen and oxygen atoms in total. The van der Waals surface area contributed by atoms with Crippen LogP contribution < -0.4 is 20.1 Å². The van der Waals surface area contributed by atoms with Crippen LogP contribution in [0.2, 0.25) is 0 Å². The van der Waals surface area contributed by atoms with Crippen molar-refractivity contribution in [2.75, 3.05) is 31.0 Å². The van der Waals surface area contributed by atoms with Gasteiger partial charge in [-0.3, -0.25) is 4.98 Å². The summed E-state index contributed by atoms with van der Waals surface area (Å²) in [5.41, 5.74) is 1.19.